The number of anilines is 2. The molecule has 0 amide bonds. The molecule has 1 aliphatic heterocycles. The van der Waals surface area contributed by atoms with Gasteiger partial charge in [-0.25, -0.2) is 14.1 Å². The number of esters is 1. The molecule has 212 valence electrons. The summed E-state index contributed by atoms with van der Waals surface area (Å²) >= 11 is 13.9. The van der Waals surface area contributed by atoms with Crippen LogP contribution in [0.5, 0.6) is 0 Å². The number of methoxy groups -OCH3 is 1. The standard InChI is InChI=1S/C15H15ClFN3O3S2.C8H14ClN5/c1-23-13(21)8-24-12-7-11(10(17)6-9(12)16)18-14-19-4-2-3-5-20(19)15(22)25-14;1-4-10-7-12-6(9)13-8(14-7)11-5(2)3/h6-7H,2-5,8H2,1H3;5H,4H2,1-3H3,(H2,10,11,12,13,14). The Labute approximate surface area is 242 Å². The third kappa shape index (κ3) is 8.92. The fourth-order valence-electron chi connectivity index (χ4n) is 3.34. The van der Waals surface area contributed by atoms with E-state index in [9.17, 15) is 14.0 Å². The number of aromatic nitrogens is 5. The van der Waals surface area contributed by atoms with E-state index in [0.717, 1.165) is 48.6 Å². The number of nitrogens with zero attached hydrogens (tertiary/aromatic N) is 6. The average Bonchev–Trinajstić information content (AvgIpc) is 3.19. The molecule has 39 heavy (non-hydrogen) atoms. The van der Waals surface area contributed by atoms with E-state index in [1.807, 2.05) is 20.8 Å². The van der Waals surface area contributed by atoms with E-state index in [4.69, 9.17) is 23.2 Å². The van der Waals surface area contributed by atoms with Crippen molar-refractivity contribution in [2.24, 2.45) is 4.99 Å². The molecule has 3 heterocycles. The molecule has 4 rings (SSSR count). The summed E-state index contributed by atoms with van der Waals surface area (Å²) in [6, 6.07) is 2.91. The zero-order chi connectivity index (χ0) is 28.5. The molecule has 0 aliphatic carbocycles. The van der Waals surface area contributed by atoms with E-state index in [-0.39, 0.29) is 32.7 Å². The quantitative estimate of drug-likeness (QED) is 0.275. The maximum absolute atomic E-state index is 14.3. The summed E-state index contributed by atoms with van der Waals surface area (Å²) in [6.07, 6.45) is 1.90. The lowest BCUT2D eigenvalue weighted by Gasteiger charge is -2.15. The lowest BCUT2D eigenvalue weighted by molar-refractivity contribution is -0.137. The first-order chi connectivity index (χ1) is 18.6. The smallest absolute Gasteiger partial charge is 0.325 e. The molecule has 0 fully saturated rings. The molecule has 1 aromatic carbocycles. The van der Waals surface area contributed by atoms with Crippen LogP contribution in [0.3, 0.4) is 0 Å². The Morgan fingerprint density at radius 3 is 2.56 bits per heavy atom. The lowest BCUT2D eigenvalue weighted by atomic mass is 10.3. The largest absolute Gasteiger partial charge is 0.468 e. The molecular weight excluding hydrogens is 590 g/mol. The number of fused-ring (bicyclic) bond motifs is 1. The second-order valence-corrected chi connectivity index (χ2v) is 11.1. The molecule has 0 saturated carbocycles. The number of benzene rings is 1. The molecule has 2 aromatic heterocycles. The molecule has 0 spiro atoms. The Bertz CT molecular complexity index is 1430. The molecule has 16 heteroatoms. The van der Waals surface area contributed by atoms with Gasteiger partial charge in [-0.05, 0) is 68.7 Å². The third-order valence-corrected chi connectivity index (χ3v) is 7.54. The van der Waals surface area contributed by atoms with Crippen LogP contribution < -0.4 is 20.3 Å². The molecule has 3 aromatic rings. The van der Waals surface area contributed by atoms with Crippen molar-refractivity contribution in [2.45, 2.75) is 57.6 Å². The van der Waals surface area contributed by atoms with Gasteiger partial charge in [-0.2, -0.15) is 15.0 Å². The highest BCUT2D eigenvalue weighted by atomic mass is 35.5. The van der Waals surface area contributed by atoms with Crippen LogP contribution in [0.15, 0.2) is 26.8 Å². The number of carbonyl (C=O) groups excluding carboxylic acids is 1. The average molecular weight is 620 g/mol. The minimum atomic E-state index is -0.580. The van der Waals surface area contributed by atoms with Crippen molar-refractivity contribution >= 4 is 69.9 Å². The minimum Gasteiger partial charge on any atom is -0.468 e. The Hall–Kier alpha value is -2.68. The number of halogens is 3. The van der Waals surface area contributed by atoms with Crippen LogP contribution in [0.25, 0.3) is 0 Å². The maximum atomic E-state index is 14.3. The number of ether oxygens (including phenoxy) is 1. The van der Waals surface area contributed by atoms with Crippen molar-refractivity contribution in [1.29, 1.82) is 0 Å². The van der Waals surface area contributed by atoms with Crippen LogP contribution in [-0.2, 0) is 22.6 Å². The molecule has 11 nitrogen and oxygen atoms in total. The summed E-state index contributed by atoms with van der Waals surface area (Å²) in [5.41, 5.74) is 0.0829. The van der Waals surface area contributed by atoms with E-state index >= 15 is 0 Å². The zero-order valence-corrected chi connectivity index (χ0v) is 25.0. The Morgan fingerprint density at radius 2 is 1.90 bits per heavy atom. The van der Waals surface area contributed by atoms with Gasteiger partial charge < -0.3 is 15.4 Å². The highest BCUT2D eigenvalue weighted by molar-refractivity contribution is 8.00. The van der Waals surface area contributed by atoms with Gasteiger partial charge in [0.25, 0.3) is 0 Å². The van der Waals surface area contributed by atoms with Gasteiger partial charge in [-0.3, -0.25) is 14.3 Å². The highest BCUT2D eigenvalue weighted by Crippen LogP contribution is 2.33. The van der Waals surface area contributed by atoms with Gasteiger partial charge >= 0.3 is 10.8 Å². The minimum absolute atomic E-state index is 0.0605. The van der Waals surface area contributed by atoms with E-state index in [1.54, 1.807) is 9.36 Å². The summed E-state index contributed by atoms with van der Waals surface area (Å²) in [7, 11) is 1.30. The number of thioether (sulfide) groups is 1. The van der Waals surface area contributed by atoms with Crippen molar-refractivity contribution in [1.82, 2.24) is 24.3 Å². The summed E-state index contributed by atoms with van der Waals surface area (Å²) in [6.45, 7) is 8.05. The first kappa shape index (κ1) is 30.9. The van der Waals surface area contributed by atoms with Gasteiger partial charge in [0.15, 0.2) is 0 Å². The Morgan fingerprint density at radius 1 is 1.21 bits per heavy atom. The molecular formula is C23H29Cl2FN8O3S2. The fraction of sp³-hybridized carbons (Fsp3) is 0.478. The van der Waals surface area contributed by atoms with Crippen LogP contribution in [0.4, 0.5) is 22.0 Å². The van der Waals surface area contributed by atoms with Gasteiger partial charge in [0.05, 0.1) is 17.9 Å². The van der Waals surface area contributed by atoms with Crippen LogP contribution in [0, 0.1) is 5.82 Å². The number of carbonyl (C=O) groups is 1. The number of hydrogen-bond acceptors (Lipinski definition) is 11. The van der Waals surface area contributed by atoms with E-state index in [1.165, 1.54) is 13.2 Å². The fourth-order valence-corrected chi connectivity index (χ4v) is 5.49. The Balaban J connectivity index is 0.000000255. The molecule has 2 N–H and O–H groups in total. The van der Waals surface area contributed by atoms with Crippen molar-refractivity contribution in [3.8, 4) is 0 Å². The van der Waals surface area contributed by atoms with Crippen molar-refractivity contribution < 1.29 is 13.9 Å². The number of hydrogen-bond donors (Lipinski definition) is 2. The van der Waals surface area contributed by atoms with Crippen LogP contribution in [0.2, 0.25) is 10.3 Å². The van der Waals surface area contributed by atoms with Crippen molar-refractivity contribution in [3.05, 3.63) is 42.7 Å². The van der Waals surface area contributed by atoms with Gasteiger partial charge in [-0.1, -0.05) is 11.6 Å². The first-order valence-electron chi connectivity index (χ1n) is 12.1. The number of rotatable bonds is 8. The van der Waals surface area contributed by atoms with Crippen LogP contribution in [-0.4, -0.2) is 55.7 Å². The second kappa shape index (κ2) is 14.6. The Kier molecular flexibility index (Phi) is 11.6. The maximum Gasteiger partial charge on any atom is 0.325 e. The number of nitrogens with one attached hydrogen (secondary N) is 2. The summed E-state index contributed by atoms with van der Waals surface area (Å²) in [5.74, 6) is 0.0690. The predicted octanol–water partition coefficient (Wildman–Crippen LogP) is 4.57. The molecule has 1 aliphatic rings. The third-order valence-electron chi connectivity index (χ3n) is 5.04. The van der Waals surface area contributed by atoms with E-state index < -0.39 is 11.8 Å². The summed E-state index contributed by atoms with van der Waals surface area (Å²) in [4.78, 5) is 40.5. The van der Waals surface area contributed by atoms with Crippen LogP contribution >= 0.6 is 46.3 Å². The molecule has 0 radical (unpaired) electrons. The van der Waals surface area contributed by atoms with Crippen molar-refractivity contribution in [3.63, 3.8) is 0 Å². The molecule has 0 saturated heterocycles. The van der Waals surface area contributed by atoms with Gasteiger partial charge in [0.2, 0.25) is 22.0 Å². The molecule has 0 atom stereocenters. The first-order valence-corrected chi connectivity index (χ1v) is 14.6. The van der Waals surface area contributed by atoms with Crippen molar-refractivity contribution in [2.75, 3.05) is 30.0 Å². The second-order valence-electron chi connectivity index (χ2n) is 8.40. The highest BCUT2D eigenvalue weighted by Gasteiger charge is 2.15. The van der Waals surface area contributed by atoms with Crippen LogP contribution in [0.1, 0.15) is 33.6 Å². The van der Waals surface area contributed by atoms with Gasteiger partial charge in [-0.15, -0.1) is 11.8 Å². The monoisotopic (exact) mass is 618 g/mol. The predicted molar refractivity (Wildman–Crippen MR) is 153 cm³/mol. The van der Waals surface area contributed by atoms with E-state index in [2.05, 4.69) is 35.3 Å². The zero-order valence-electron chi connectivity index (χ0n) is 21.8. The summed E-state index contributed by atoms with van der Waals surface area (Å²) < 4.78 is 22.3. The topological polar surface area (TPSA) is 128 Å². The normalized spacial score (nSPS) is 13.0. The van der Waals surface area contributed by atoms with Gasteiger partial charge in [0.1, 0.15) is 11.5 Å². The summed E-state index contributed by atoms with van der Waals surface area (Å²) in [5, 5.41) is 6.43. The molecule has 0 unspecified atom stereocenters. The molecule has 0 bridgehead atoms. The van der Waals surface area contributed by atoms with E-state index in [0.29, 0.717) is 34.7 Å². The lowest BCUT2D eigenvalue weighted by Crippen LogP contribution is -2.31. The SMILES string of the molecule is CCNc1nc(Cl)nc(NC(C)C)n1.COC(=O)CSc1cc(N=c2sc(=O)n3n2CCCC3)c(F)cc1Cl. The van der Waals surface area contributed by atoms with Gasteiger partial charge in [0, 0.05) is 30.6 Å².